The number of carbonyl (C=O) groups is 1. The molecule has 0 fully saturated rings. The van der Waals surface area contributed by atoms with Gasteiger partial charge in [0.15, 0.2) is 23.6 Å². The van der Waals surface area contributed by atoms with E-state index in [9.17, 15) is 26.7 Å². The number of aliphatic imine (C=N–C) groups is 1. The largest absolute Gasteiger partial charge is 0.433 e. The monoisotopic (exact) mass is 462 g/mol. The molecule has 1 heterocycles. The van der Waals surface area contributed by atoms with E-state index in [1.807, 2.05) is 0 Å². The number of alkyl halides is 3. The topological polar surface area (TPSA) is 89.6 Å². The summed E-state index contributed by atoms with van der Waals surface area (Å²) in [7, 11) is 0. The normalized spacial score (nSPS) is 12.7. The minimum atomic E-state index is -3.04. The summed E-state index contributed by atoms with van der Waals surface area (Å²) in [5, 5.41) is 2.01. The molecule has 2 rings (SSSR count). The van der Waals surface area contributed by atoms with E-state index < -0.39 is 31.0 Å². The highest BCUT2D eigenvalue weighted by molar-refractivity contribution is 8.14. The van der Waals surface area contributed by atoms with Gasteiger partial charge in [0.25, 0.3) is 5.91 Å². The number of ether oxygens (including phenoxy) is 1. The van der Waals surface area contributed by atoms with E-state index in [4.69, 9.17) is 5.73 Å². The number of pyridine rings is 1. The molecule has 2 aromatic rings. The van der Waals surface area contributed by atoms with Gasteiger partial charge in [0.05, 0.1) is 6.20 Å². The number of amidine groups is 1. The van der Waals surface area contributed by atoms with Gasteiger partial charge in [0.1, 0.15) is 11.4 Å². The average Bonchev–Trinajstić information content (AvgIpc) is 2.65. The van der Waals surface area contributed by atoms with E-state index in [2.05, 4.69) is 20.0 Å². The second kappa shape index (κ2) is 10.9. The van der Waals surface area contributed by atoms with Crippen LogP contribution in [-0.4, -0.2) is 34.7 Å². The molecular weight excluding hydrogens is 443 g/mol. The Morgan fingerprint density at radius 3 is 2.65 bits per heavy atom. The van der Waals surface area contributed by atoms with Gasteiger partial charge in [-0.05, 0) is 36.6 Å². The molecule has 0 aliphatic rings. The molecule has 3 N–H and O–H groups in total. The van der Waals surface area contributed by atoms with Gasteiger partial charge >= 0.3 is 6.61 Å². The first kappa shape index (κ1) is 24.4. The molecule has 1 aromatic carbocycles. The summed E-state index contributed by atoms with van der Waals surface area (Å²) in [5.74, 6) is -3.24. The molecule has 31 heavy (non-hydrogen) atoms. The number of benzene rings is 1. The number of thioether (sulfide) groups is 1. The summed E-state index contributed by atoms with van der Waals surface area (Å²) in [4.78, 5) is 19.6. The first-order valence-corrected chi connectivity index (χ1v) is 9.72. The molecule has 0 bridgehead atoms. The molecule has 0 saturated heterocycles. The highest BCUT2D eigenvalue weighted by Crippen LogP contribution is 2.24. The molecule has 0 aliphatic carbocycles. The highest BCUT2D eigenvalue weighted by atomic mass is 32.2. The fraction of sp³-hybridized carbons (Fsp3) is 0.316. The third-order valence-corrected chi connectivity index (χ3v) is 4.84. The van der Waals surface area contributed by atoms with Crippen LogP contribution in [0.5, 0.6) is 5.75 Å². The number of nitrogens with two attached hydrogens (primary N) is 1. The quantitative estimate of drug-likeness (QED) is 0.262. The van der Waals surface area contributed by atoms with Crippen molar-refractivity contribution in [1.29, 1.82) is 0 Å². The van der Waals surface area contributed by atoms with Crippen LogP contribution in [0.2, 0.25) is 0 Å². The van der Waals surface area contributed by atoms with Gasteiger partial charge in [0.2, 0.25) is 0 Å². The van der Waals surface area contributed by atoms with Crippen LogP contribution < -0.4 is 15.8 Å². The molecule has 6 nitrogen and oxygen atoms in total. The fourth-order valence-corrected chi connectivity index (χ4v) is 3.46. The smallest absolute Gasteiger partial charge is 0.387 e. The van der Waals surface area contributed by atoms with Crippen molar-refractivity contribution in [1.82, 2.24) is 4.98 Å². The molecule has 1 aromatic heterocycles. The van der Waals surface area contributed by atoms with Crippen LogP contribution >= 0.6 is 11.8 Å². The number of carbonyl (C=O) groups excluding carboxylic acids is 1. The Kier molecular flexibility index (Phi) is 8.60. The van der Waals surface area contributed by atoms with Crippen molar-refractivity contribution < 1.29 is 31.5 Å². The van der Waals surface area contributed by atoms with Crippen molar-refractivity contribution in [2.45, 2.75) is 32.1 Å². The van der Waals surface area contributed by atoms with E-state index >= 15 is 0 Å². The average molecular weight is 462 g/mol. The Bertz CT molecular complexity index is 975. The van der Waals surface area contributed by atoms with E-state index in [1.165, 1.54) is 19.1 Å². The minimum Gasteiger partial charge on any atom is -0.433 e. The first-order valence-electron chi connectivity index (χ1n) is 8.84. The lowest BCUT2D eigenvalue weighted by Gasteiger charge is -2.14. The number of nitrogens with zero attached hydrogens (tertiary/aromatic N) is 2. The Labute approximate surface area is 179 Å². The second-order valence-electron chi connectivity index (χ2n) is 6.35. The Hall–Kier alpha value is -2.89. The maximum Gasteiger partial charge on any atom is 0.387 e. The van der Waals surface area contributed by atoms with Gasteiger partial charge < -0.3 is 15.8 Å². The number of hydrogen-bond acceptors (Lipinski definition) is 5. The second-order valence-corrected chi connectivity index (χ2v) is 7.81. The third kappa shape index (κ3) is 7.09. The van der Waals surface area contributed by atoms with Crippen molar-refractivity contribution in [2.75, 3.05) is 12.1 Å². The SMILES string of the molecule is Cc1cc(OC(F)F)cnc1C(=O)Nc1cc(F)c(F)c(CC(C)S/C(N)=N\CF)c1. The molecule has 1 unspecified atom stereocenters. The zero-order chi connectivity index (χ0) is 23.1. The van der Waals surface area contributed by atoms with E-state index in [0.717, 1.165) is 24.0 Å². The summed E-state index contributed by atoms with van der Waals surface area (Å²) in [6.07, 6.45) is 0.976. The molecule has 1 amide bonds. The summed E-state index contributed by atoms with van der Waals surface area (Å²) in [6.45, 7) is -0.900. The highest BCUT2D eigenvalue weighted by Gasteiger charge is 2.18. The molecule has 0 spiro atoms. The van der Waals surface area contributed by atoms with Crippen molar-refractivity contribution in [3.05, 3.63) is 52.9 Å². The number of nitrogens with one attached hydrogen (secondary N) is 1. The summed E-state index contributed by atoms with van der Waals surface area (Å²) in [5.41, 5.74) is 5.58. The number of rotatable bonds is 8. The first-order chi connectivity index (χ1) is 14.6. The molecule has 168 valence electrons. The fourth-order valence-electron chi connectivity index (χ4n) is 2.66. The predicted molar refractivity (Wildman–Crippen MR) is 108 cm³/mol. The molecule has 1 atom stereocenters. The number of aryl methyl sites for hydroxylation is 1. The zero-order valence-electron chi connectivity index (χ0n) is 16.5. The molecule has 0 saturated carbocycles. The van der Waals surface area contributed by atoms with Crippen LogP contribution in [0.4, 0.5) is 27.6 Å². The van der Waals surface area contributed by atoms with Crippen LogP contribution in [-0.2, 0) is 6.42 Å². The lowest BCUT2D eigenvalue weighted by atomic mass is 10.1. The van der Waals surface area contributed by atoms with Gasteiger partial charge in [-0.2, -0.15) is 8.78 Å². The Balaban J connectivity index is 2.18. The van der Waals surface area contributed by atoms with Crippen LogP contribution in [0.3, 0.4) is 0 Å². The summed E-state index contributed by atoms with van der Waals surface area (Å²) in [6, 6.07) is 3.25. The minimum absolute atomic E-state index is 0.0244. The lowest BCUT2D eigenvalue weighted by Crippen LogP contribution is -2.17. The Morgan fingerprint density at radius 1 is 1.32 bits per heavy atom. The maximum absolute atomic E-state index is 14.2. The Morgan fingerprint density at radius 2 is 2.03 bits per heavy atom. The third-order valence-electron chi connectivity index (χ3n) is 3.90. The standard InChI is InChI=1S/C19H19F5N4O2S/c1-9-3-13(30-18(23)24)7-26-16(9)17(29)28-12-5-11(15(22)14(21)6-12)4-10(2)31-19(25)27-8-20/h3,5-7,10,18H,4,8H2,1-2H3,(H2,25,27)(H,28,29). The molecule has 0 aliphatic heterocycles. The van der Waals surface area contributed by atoms with E-state index in [1.54, 1.807) is 6.92 Å². The zero-order valence-corrected chi connectivity index (χ0v) is 17.3. The van der Waals surface area contributed by atoms with Crippen molar-refractivity contribution in [3.63, 3.8) is 0 Å². The van der Waals surface area contributed by atoms with Gasteiger partial charge in [-0.15, -0.1) is 0 Å². The van der Waals surface area contributed by atoms with Crippen LogP contribution in [0.1, 0.15) is 28.5 Å². The molecular formula is C19H19F5N4O2S. The maximum atomic E-state index is 14.2. The number of anilines is 1. The number of amides is 1. The van der Waals surface area contributed by atoms with E-state index in [-0.39, 0.29) is 45.1 Å². The van der Waals surface area contributed by atoms with E-state index in [0.29, 0.717) is 0 Å². The van der Waals surface area contributed by atoms with Crippen molar-refractivity contribution in [2.24, 2.45) is 10.7 Å². The van der Waals surface area contributed by atoms with Gasteiger partial charge in [-0.3, -0.25) is 4.79 Å². The molecule has 0 radical (unpaired) electrons. The predicted octanol–water partition coefficient (Wildman–Crippen LogP) is 4.43. The van der Waals surface area contributed by atoms with Gasteiger partial charge in [0, 0.05) is 17.0 Å². The lowest BCUT2D eigenvalue weighted by molar-refractivity contribution is -0.0501. The van der Waals surface area contributed by atoms with Gasteiger partial charge in [-0.1, -0.05) is 18.7 Å². The van der Waals surface area contributed by atoms with Gasteiger partial charge in [-0.25, -0.2) is 23.1 Å². The van der Waals surface area contributed by atoms with Crippen molar-refractivity contribution in [3.8, 4) is 5.75 Å². The molecule has 12 heteroatoms. The van der Waals surface area contributed by atoms with Crippen LogP contribution in [0, 0.1) is 18.6 Å². The number of halogens is 5. The number of hydrogen-bond donors (Lipinski definition) is 2. The van der Waals surface area contributed by atoms with Crippen molar-refractivity contribution >= 4 is 28.5 Å². The van der Waals surface area contributed by atoms with Crippen LogP contribution in [0.25, 0.3) is 0 Å². The van der Waals surface area contributed by atoms with Crippen LogP contribution in [0.15, 0.2) is 29.4 Å². The number of aromatic nitrogens is 1. The summed E-state index contributed by atoms with van der Waals surface area (Å²) >= 11 is 0.994. The summed E-state index contributed by atoms with van der Waals surface area (Å²) < 4.78 is 69.2.